The normalized spacial score (nSPS) is 9.75. The predicted octanol–water partition coefficient (Wildman–Crippen LogP) is 2.02. The van der Waals surface area contributed by atoms with Gasteiger partial charge in [0.05, 0.1) is 0 Å². The van der Waals surface area contributed by atoms with Gasteiger partial charge in [-0.2, -0.15) is 0 Å². The number of carbonyl (C=O) groups is 1. The van der Waals surface area contributed by atoms with Crippen LogP contribution >= 0.6 is 0 Å². The number of hydrogen-bond acceptors (Lipinski definition) is 2. The second-order valence-corrected chi connectivity index (χ2v) is 3.56. The average Bonchev–Trinajstić information content (AvgIpc) is 2.28. The Morgan fingerprint density at radius 2 is 2.19 bits per heavy atom. The molecular formula is C13H17NO2. The fraction of sp³-hybridized carbons (Fsp3) is 0.308. The van der Waals surface area contributed by atoms with Crippen LogP contribution in [0, 0.1) is 0 Å². The lowest BCUT2D eigenvalue weighted by atomic mass is 10.1. The van der Waals surface area contributed by atoms with Crippen molar-refractivity contribution < 1.29 is 9.90 Å². The number of aryl methyl sites for hydroxylation is 1. The van der Waals surface area contributed by atoms with Crippen LogP contribution in [0.15, 0.2) is 36.9 Å². The number of para-hydroxylation sites is 1. The molecule has 3 heteroatoms. The van der Waals surface area contributed by atoms with Crippen LogP contribution in [0.3, 0.4) is 0 Å². The first kappa shape index (κ1) is 12.3. The first-order chi connectivity index (χ1) is 7.74. The molecule has 0 spiro atoms. The minimum atomic E-state index is 0.00473. The van der Waals surface area contributed by atoms with E-state index in [0.29, 0.717) is 19.4 Å². The van der Waals surface area contributed by atoms with E-state index < -0.39 is 0 Å². The van der Waals surface area contributed by atoms with Crippen LogP contribution in [0.5, 0.6) is 5.75 Å². The summed E-state index contributed by atoms with van der Waals surface area (Å²) < 4.78 is 0. The fourth-order valence-corrected chi connectivity index (χ4v) is 1.37. The number of amides is 1. The smallest absolute Gasteiger partial charge is 0.220 e. The molecule has 0 aliphatic rings. The first-order valence-corrected chi connectivity index (χ1v) is 5.38. The van der Waals surface area contributed by atoms with E-state index in [2.05, 4.69) is 11.9 Å². The summed E-state index contributed by atoms with van der Waals surface area (Å²) in [6.45, 7) is 4.21. The molecule has 0 aliphatic carbocycles. The molecule has 0 radical (unpaired) electrons. The third-order valence-electron chi connectivity index (χ3n) is 2.28. The molecule has 0 atom stereocenters. The molecule has 1 aromatic carbocycles. The summed E-state index contributed by atoms with van der Waals surface area (Å²) in [4.78, 5) is 11.4. The molecule has 0 saturated heterocycles. The highest BCUT2D eigenvalue weighted by Crippen LogP contribution is 2.16. The van der Waals surface area contributed by atoms with Gasteiger partial charge in [-0.15, -0.1) is 6.58 Å². The maximum atomic E-state index is 11.4. The molecule has 16 heavy (non-hydrogen) atoms. The van der Waals surface area contributed by atoms with Crippen molar-refractivity contribution in [3.8, 4) is 5.75 Å². The van der Waals surface area contributed by atoms with Gasteiger partial charge >= 0.3 is 0 Å². The number of carbonyl (C=O) groups excluding carboxylic acids is 1. The molecule has 2 N–H and O–H groups in total. The van der Waals surface area contributed by atoms with E-state index in [1.807, 2.05) is 12.1 Å². The molecule has 0 aromatic heterocycles. The predicted molar refractivity (Wildman–Crippen MR) is 64.3 cm³/mol. The molecule has 3 nitrogen and oxygen atoms in total. The number of benzene rings is 1. The Hall–Kier alpha value is -1.77. The Kier molecular flexibility index (Phi) is 5.12. The summed E-state index contributed by atoms with van der Waals surface area (Å²) in [7, 11) is 0. The molecule has 1 aromatic rings. The maximum absolute atomic E-state index is 11.4. The van der Waals surface area contributed by atoms with E-state index in [0.717, 1.165) is 12.0 Å². The van der Waals surface area contributed by atoms with Gasteiger partial charge in [-0.3, -0.25) is 4.79 Å². The van der Waals surface area contributed by atoms with Gasteiger partial charge in [0.15, 0.2) is 0 Å². The highest BCUT2D eigenvalue weighted by atomic mass is 16.3. The van der Waals surface area contributed by atoms with Crippen LogP contribution in [0.1, 0.15) is 18.4 Å². The number of phenolic OH excluding ortho intramolecular Hbond substituents is 1. The van der Waals surface area contributed by atoms with Crippen molar-refractivity contribution in [3.05, 3.63) is 42.5 Å². The van der Waals surface area contributed by atoms with Crippen molar-refractivity contribution in [2.24, 2.45) is 0 Å². The van der Waals surface area contributed by atoms with Crippen LogP contribution in [0.2, 0.25) is 0 Å². The Bertz CT molecular complexity index is 361. The molecule has 0 heterocycles. The second-order valence-electron chi connectivity index (χ2n) is 3.56. The van der Waals surface area contributed by atoms with E-state index in [-0.39, 0.29) is 11.7 Å². The quantitative estimate of drug-likeness (QED) is 0.568. The molecule has 0 fully saturated rings. The van der Waals surface area contributed by atoms with Gasteiger partial charge < -0.3 is 10.4 Å². The molecular weight excluding hydrogens is 202 g/mol. The van der Waals surface area contributed by atoms with Crippen LogP contribution in [-0.2, 0) is 11.2 Å². The van der Waals surface area contributed by atoms with Crippen molar-refractivity contribution >= 4 is 5.91 Å². The summed E-state index contributed by atoms with van der Waals surface area (Å²) in [5.74, 6) is 0.256. The lowest BCUT2D eigenvalue weighted by Gasteiger charge is -2.05. The highest BCUT2D eigenvalue weighted by molar-refractivity contribution is 5.76. The highest BCUT2D eigenvalue weighted by Gasteiger charge is 2.04. The van der Waals surface area contributed by atoms with Crippen LogP contribution in [0.25, 0.3) is 0 Å². The lowest BCUT2D eigenvalue weighted by Crippen LogP contribution is -2.24. The Morgan fingerprint density at radius 1 is 1.44 bits per heavy atom. The maximum Gasteiger partial charge on any atom is 0.220 e. The molecule has 1 rings (SSSR count). The van der Waals surface area contributed by atoms with Crippen LogP contribution < -0.4 is 5.32 Å². The summed E-state index contributed by atoms with van der Waals surface area (Å²) in [5.41, 5.74) is 0.807. The topological polar surface area (TPSA) is 49.3 Å². The monoisotopic (exact) mass is 219 g/mol. The SMILES string of the molecule is C=CCCNC(=O)CCc1ccccc1O. The zero-order chi connectivity index (χ0) is 11.8. The molecule has 0 saturated carbocycles. The van der Waals surface area contributed by atoms with Gasteiger partial charge in [-0.05, 0) is 24.5 Å². The molecule has 86 valence electrons. The fourth-order valence-electron chi connectivity index (χ4n) is 1.37. The minimum absolute atomic E-state index is 0.00473. The van der Waals surface area contributed by atoms with Gasteiger partial charge in [0, 0.05) is 13.0 Å². The van der Waals surface area contributed by atoms with Crippen molar-refractivity contribution in [2.45, 2.75) is 19.3 Å². The number of aromatic hydroxyl groups is 1. The summed E-state index contributed by atoms with van der Waals surface area (Å²) in [6.07, 6.45) is 3.51. The number of nitrogens with one attached hydrogen (secondary N) is 1. The zero-order valence-electron chi connectivity index (χ0n) is 9.28. The molecule has 0 bridgehead atoms. The molecule has 1 amide bonds. The van der Waals surface area contributed by atoms with Crippen LogP contribution in [-0.4, -0.2) is 17.6 Å². The average molecular weight is 219 g/mol. The Labute approximate surface area is 95.8 Å². The van der Waals surface area contributed by atoms with Crippen LogP contribution in [0.4, 0.5) is 0 Å². The lowest BCUT2D eigenvalue weighted by molar-refractivity contribution is -0.121. The Balaban J connectivity index is 2.31. The number of phenols is 1. The second kappa shape index (κ2) is 6.67. The van der Waals surface area contributed by atoms with Gasteiger partial charge in [-0.1, -0.05) is 24.3 Å². The summed E-state index contributed by atoms with van der Waals surface area (Å²) >= 11 is 0. The molecule has 0 unspecified atom stereocenters. The minimum Gasteiger partial charge on any atom is -0.508 e. The van der Waals surface area contributed by atoms with Gasteiger partial charge in [0.2, 0.25) is 5.91 Å². The third-order valence-corrected chi connectivity index (χ3v) is 2.28. The largest absolute Gasteiger partial charge is 0.508 e. The van der Waals surface area contributed by atoms with Gasteiger partial charge in [-0.25, -0.2) is 0 Å². The summed E-state index contributed by atoms with van der Waals surface area (Å²) in [5, 5.41) is 12.3. The van der Waals surface area contributed by atoms with Crippen molar-refractivity contribution in [1.29, 1.82) is 0 Å². The van der Waals surface area contributed by atoms with Gasteiger partial charge in [0.25, 0.3) is 0 Å². The van der Waals surface area contributed by atoms with E-state index in [1.54, 1.807) is 18.2 Å². The van der Waals surface area contributed by atoms with E-state index in [1.165, 1.54) is 0 Å². The number of rotatable bonds is 6. The third kappa shape index (κ3) is 4.17. The number of hydrogen-bond donors (Lipinski definition) is 2. The van der Waals surface area contributed by atoms with Crippen molar-refractivity contribution in [1.82, 2.24) is 5.32 Å². The molecule has 0 aliphatic heterocycles. The summed E-state index contributed by atoms with van der Waals surface area (Å²) in [6, 6.07) is 7.07. The standard InChI is InChI=1S/C13H17NO2/c1-2-3-10-14-13(16)9-8-11-6-4-5-7-12(11)15/h2,4-7,15H,1,3,8-10H2,(H,14,16). The Morgan fingerprint density at radius 3 is 2.88 bits per heavy atom. The first-order valence-electron chi connectivity index (χ1n) is 5.38. The van der Waals surface area contributed by atoms with E-state index in [4.69, 9.17) is 0 Å². The van der Waals surface area contributed by atoms with E-state index in [9.17, 15) is 9.90 Å². The van der Waals surface area contributed by atoms with Crippen molar-refractivity contribution in [2.75, 3.05) is 6.54 Å². The zero-order valence-corrected chi connectivity index (χ0v) is 9.28. The van der Waals surface area contributed by atoms with E-state index >= 15 is 0 Å². The van der Waals surface area contributed by atoms with Crippen molar-refractivity contribution in [3.63, 3.8) is 0 Å². The van der Waals surface area contributed by atoms with Gasteiger partial charge in [0.1, 0.15) is 5.75 Å².